The standard InChI is InChI=1S/C10H10BrN3O2S2/c11-7-5-8-10(14-6-7)9(1-2-13-8)17-3-4-18(12,15)16/h1-2,5-6H,3-4H2,(H2,12,15,16). The van der Waals surface area contributed by atoms with Crippen molar-refractivity contribution >= 4 is 48.7 Å². The lowest BCUT2D eigenvalue weighted by atomic mass is 10.3. The summed E-state index contributed by atoms with van der Waals surface area (Å²) in [5, 5.41) is 4.96. The van der Waals surface area contributed by atoms with Crippen molar-refractivity contribution in [3.8, 4) is 0 Å². The summed E-state index contributed by atoms with van der Waals surface area (Å²) < 4.78 is 22.6. The van der Waals surface area contributed by atoms with Crippen LogP contribution in [0.15, 0.2) is 33.9 Å². The fraction of sp³-hybridized carbons (Fsp3) is 0.200. The highest BCUT2D eigenvalue weighted by Gasteiger charge is 2.07. The van der Waals surface area contributed by atoms with Gasteiger partial charge in [-0.3, -0.25) is 9.97 Å². The van der Waals surface area contributed by atoms with Crippen LogP contribution < -0.4 is 5.14 Å². The van der Waals surface area contributed by atoms with Gasteiger partial charge in [0.1, 0.15) is 5.52 Å². The van der Waals surface area contributed by atoms with Crippen molar-refractivity contribution in [3.63, 3.8) is 0 Å². The highest BCUT2D eigenvalue weighted by molar-refractivity contribution is 9.10. The second-order valence-electron chi connectivity index (χ2n) is 3.55. The van der Waals surface area contributed by atoms with E-state index in [1.165, 1.54) is 11.8 Å². The molecule has 0 amide bonds. The predicted molar refractivity (Wildman–Crippen MR) is 75.9 cm³/mol. The molecule has 0 fully saturated rings. The summed E-state index contributed by atoms with van der Waals surface area (Å²) in [4.78, 5) is 9.39. The summed E-state index contributed by atoms with van der Waals surface area (Å²) in [5.74, 6) is 0.341. The molecule has 0 saturated carbocycles. The van der Waals surface area contributed by atoms with Gasteiger partial charge in [0.25, 0.3) is 0 Å². The molecule has 0 aromatic carbocycles. The van der Waals surface area contributed by atoms with Crippen molar-refractivity contribution in [2.45, 2.75) is 4.90 Å². The van der Waals surface area contributed by atoms with Crippen molar-refractivity contribution in [2.75, 3.05) is 11.5 Å². The molecule has 2 rings (SSSR count). The Hall–Kier alpha value is -0.700. The SMILES string of the molecule is NS(=O)(=O)CCSc1ccnc2cc(Br)cnc12. The first-order chi connectivity index (χ1) is 8.46. The number of sulfonamides is 1. The second kappa shape index (κ2) is 5.52. The minimum Gasteiger partial charge on any atom is -0.254 e. The summed E-state index contributed by atoms with van der Waals surface area (Å²) >= 11 is 4.74. The number of fused-ring (bicyclic) bond motifs is 1. The number of primary sulfonamides is 1. The van der Waals surface area contributed by atoms with Crippen LogP contribution in [0, 0.1) is 0 Å². The Bertz CT molecular complexity index is 676. The number of hydrogen-bond donors (Lipinski definition) is 1. The van der Waals surface area contributed by atoms with Crippen molar-refractivity contribution in [1.29, 1.82) is 0 Å². The number of nitrogens with two attached hydrogens (primary N) is 1. The van der Waals surface area contributed by atoms with E-state index < -0.39 is 10.0 Å². The van der Waals surface area contributed by atoms with Crippen LogP contribution in [0.2, 0.25) is 0 Å². The van der Waals surface area contributed by atoms with Gasteiger partial charge in [0.05, 0.1) is 11.3 Å². The van der Waals surface area contributed by atoms with Crippen LogP contribution in [-0.4, -0.2) is 29.9 Å². The van der Waals surface area contributed by atoms with Crippen LogP contribution in [0.25, 0.3) is 11.0 Å². The van der Waals surface area contributed by atoms with Gasteiger partial charge in [-0.2, -0.15) is 0 Å². The highest BCUT2D eigenvalue weighted by atomic mass is 79.9. The van der Waals surface area contributed by atoms with Gasteiger partial charge in [-0.1, -0.05) is 0 Å². The van der Waals surface area contributed by atoms with E-state index in [2.05, 4.69) is 25.9 Å². The summed E-state index contributed by atoms with van der Waals surface area (Å²) in [6, 6.07) is 3.68. The normalized spacial score (nSPS) is 11.9. The molecular formula is C10H10BrN3O2S2. The van der Waals surface area contributed by atoms with Gasteiger partial charge >= 0.3 is 0 Å². The molecule has 18 heavy (non-hydrogen) atoms. The Kier molecular flexibility index (Phi) is 4.21. The van der Waals surface area contributed by atoms with E-state index >= 15 is 0 Å². The number of hydrogen-bond acceptors (Lipinski definition) is 5. The van der Waals surface area contributed by atoms with Gasteiger partial charge in [-0.25, -0.2) is 13.6 Å². The fourth-order valence-electron chi connectivity index (χ4n) is 1.37. The van der Waals surface area contributed by atoms with Gasteiger partial charge in [0, 0.05) is 27.5 Å². The first-order valence-corrected chi connectivity index (χ1v) is 8.49. The molecule has 0 atom stereocenters. The molecule has 5 nitrogen and oxygen atoms in total. The van der Waals surface area contributed by atoms with Crippen LogP contribution in [0.3, 0.4) is 0 Å². The van der Waals surface area contributed by atoms with Gasteiger partial charge < -0.3 is 0 Å². The Morgan fingerprint density at radius 2 is 2.17 bits per heavy atom. The maximum atomic E-state index is 10.9. The lowest BCUT2D eigenvalue weighted by Crippen LogP contribution is -2.17. The number of halogens is 1. The third kappa shape index (κ3) is 3.64. The van der Waals surface area contributed by atoms with Crippen LogP contribution in [0.4, 0.5) is 0 Å². The van der Waals surface area contributed by atoms with Crippen molar-refractivity contribution in [1.82, 2.24) is 9.97 Å². The number of nitrogens with zero attached hydrogens (tertiary/aromatic N) is 2. The van der Waals surface area contributed by atoms with E-state index in [0.29, 0.717) is 5.75 Å². The fourth-order valence-corrected chi connectivity index (χ4v) is 3.62. The van der Waals surface area contributed by atoms with Crippen LogP contribution in [-0.2, 0) is 10.0 Å². The van der Waals surface area contributed by atoms with Gasteiger partial charge in [0.2, 0.25) is 10.0 Å². The molecule has 0 aliphatic carbocycles. The third-order valence-electron chi connectivity index (χ3n) is 2.13. The zero-order chi connectivity index (χ0) is 13.2. The molecule has 0 bridgehead atoms. The lowest BCUT2D eigenvalue weighted by molar-refractivity contribution is 0.599. The van der Waals surface area contributed by atoms with E-state index in [0.717, 1.165) is 20.4 Å². The van der Waals surface area contributed by atoms with Crippen LogP contribution >= 0.6 is 27.7 Å². The zero-order valence-corrected chi connectivity index (χ0v) is 12.4. The topological polar surface area (TPSA) is 85.9 Å². The highest BCUT2D eigenvalue weighted by Crippen LogP contribution is 2.26. The zero-order valence-electron chi connectivity index (χ0n) is 9.21. The summed E-state index contributed by atoms with van der Waals surface area (Å²) in [5.41, 5.74) is 1.53. The Balaban J connectivity index is 2.23. The molecule has 0 aliphatic rings. The summed E-state index contributed by atoms with van der Waals surface area (Å²) in [6.45, 7) is 0. The Labute approximate surface area is 117 Å². The number of aromatic nitrogens is 2. The maximum absolute atomic E-state index is 10.9. The molecule has 2 N–H and O–H groups in total. The van der Waals surface area contributed by atoms with Gasteiger partial charge in [-0.05, 0) is 28.1 Å². The Morgan fingerprint density at radius 1 is 1.39 bits per heavy atom. The quantitative estimate of drug-likeness (QED) is 0.851. The second-order valence-corrected chi connectivity index (χ2v) is 7.33. The molecule has 0 saturated heterocycles. The molecule has 0 unspecified atom stereocenters. The molecule has 2 aromatic heterocycles. The van der Waals surface area contributed by atoms with Crippen molar-refractivity contribution < 1.29 is 8.42 Å². The van der Waals surface area contributed by atoms with Crippen LogP contribution in [0.5, 0.6) is 0 Å². The number of pyridine rings is 2. The first-order valence-electron chi connectivity index (χ1n) is 4.99. The molecule has 96 valence electrons. The monoisotopic (exact) mass is 347 g/mol. The molecule has 0 aliphatic heterocycles. The summed E-state index contributed by atoms with van der Waals surface area (Å²) in [6.07, 6.45) is 3.36. The van der Waals surface area contributed by atoms with Gasteiger partial charge in [0.15, 0.2) is 0 Å². The van der Waals surface area contributed by atoms with Crippen molar-refractivity contribution in [3.05, 3.63) is 29.0 Å². The number of rotatable bonds is 4. The Morgan fingerprint density at radius 3 is 2.89 bits per heavy atom. The first kappa shape index (κ1) is 13.7. The molecule has 2 aromatic rings. The predicted octanol–water partition coefficient (Wildman–Crippen LogP) is 1.77. The number of thioether (sulfide) groups is 1. The molecule has 0 spiro atoms. The third-order valence-corrected chi connectivity index (χ3v) is 4.65. The molecular weight excluding hydrogens is 338 g/mol. The van der Waals surface area contributed by atoms with Crippen LogP contribution in [0.1, 0.15) is 0 Å². The smallest absolute Gasteiger partial charge is 0.209 e. The molecule has 8 heteroatoms. The maximum Gasteiger partial charge on any atom is 0.209 e. The van der Waals surface area contributed by atoms with E-state index in [9.17, 15) is 8.42 Å². The van der Waals surface area contributed by atoms with E-state index in [1.807, 2.05) is 12.1 Å². The van der Waals surface area contributed by atoms with E-state index in [-0.39, 0.29) is 5.75 Å². The minimum absolute atomic E-state index is 0.0575. The summed E-state index contributed by atoms with van der Waals surface area (Å²) in [7, 11) is -3.42. The average molecular weight is 348 g/mol. The molecule has 0 radical (unpaired) electrons. The van der Waals surface area contributed by atoms with E-state index in [1.54, 1.807) is 12.4 Å². The van der Waals surface area contributed by atoms with E-state index in [4.69, 9.17) is 5.14 Å². The van der Waals surface area contributed by atoms with Crippen molar-refractivity contribution in [2.24, 2.45) is 5.14 Å². The minimum atomic E-state index is -3.42. The molecule has 2 heterocycles. The lowest BCUT2D eigenvalue weighted by Gasteiger charge is -2.04. The van der Waals surface area contributed by atoms with Gasteiger partial charge in [-0.15, -0.1) is 11.8 Å². The average Bonchev–Trinajstić information content (AvgIpc) is 2.27. The largest absolute Gasteiger partial charge is 0.254 e.